The minimum absolute atomic E-state index is 0.121. The number of carbonyl (C=O) groups is 1. The van der Waals surface area contributed by atoms with Crippen molar-refractivity contribution in [2.45, 2.75) is 38.3 Å². The number of hydrogen-bond acceptors (Lipinski definition) is 5. The van der Waals surface area contributed by atoms with Gasteiger partial charge >= 0.3 is 5.97 Å². The van der Waals surface area contributed by atoms with Gasteiger partial charge in [-0.1, -0.05) is 30.3 Å². The Morgan fingerprint density at radius 3 is 2.58 bits per heavy atom. The Labute approximate surface area is 191 Å². The van der Waals surface area contributed by atoms with Gasteiger partial charge in [-0.3, -0.25) is 4.79 Å². The van der Waals surface area contributed by atoms with Crippen LogP contribution in [0.25, 0.3) is 34.0 Å². The molecule has 0 saturated carbocycles. The van der Waals surface area contributed by atoms with Gasteiger partial charge < -0.3 is 9.30 Å². The van der Waals surface area contributed by atoms with E-state index in [-0.39, 0.29) is 17.9 Å². The fourth-order valence-corrected chi connectivity index (χ4v) is 4.23. The van der Waals surface area contributed by atoms with Gasteiger partial charge in [-0.2, -0.15) is 0 Å². The lowest BCUT2D eigenvalue weighted by atomic mass is 10.1. The molecular formula is C26H23FN4O2. The second-order valence-corrected chi connectivity index (χ2v) is 8.04. The third-order valence-corrected chi connectivity index (χ3v) is 5.82. The van der Waals surface area contributed by atoms with E-state index in [1.54, 1.807) is 18.3 Å². The normalized spacial score (nSPS) is 15.9. The molecule has 2 aromatic carbocycles. The lowest BCUT2D eigenvalue weighted by Crippen LogP contribution is -2.25. The van der Waals surface area contributed by atoms with Crippen LogP contribution in [0.1, 0.15) is 25.7 Å². The van der Waals surface area contributed by atoms with Crippen LogP contribution in [-0.4, -0.2) is 31.6 Å². The molecule has 0 bridgehead atoms. The molecule has 1 aliphatic rings. The van der Waals surface area contributed by atoms with E-state index in [0.29, 0.717) is 25.1 Å². The maximum atomic E-state index is 13.6. The molecule has 0 aliphatic carbocycles. The molecule has 0 N–H and O–H groups in total. The van der Waals surface area contributed by atoms with Gasteiger partial charge in [0, 0.05) is 36.7 Å². The Hall–Kier alpha value is -3.87. The summed E-state index contributed by atoms with van der Waals surface area (Å²) in [4.78, 5) is 25.4. The number of esters is 1. The predicted molar refractivity (Wildman–Crippen MR) is 122 cm³/mol. The molecule has 2 aromatic heterocycles. The zero-order valence-electron chi connectivity index (χ0n) is 18.0. The first-order valence-electron chi connectivity index (χ1n) is 11.1. The Morgan fingerprint density at radius 1 is 1.03 bits per heavy atom. The van der Waals surface area contributed by atoms with Gasteiger partial charge in [0.1, 0.15) is 24.1 Å². The molecule has 5 rings (SSSR count). The van der Waals surface area contributed by atoms with Crippen LogP contribution >= 0.6 is 0 Å². The third-order valence-electron chi connectivity index (χ3n) is 5.82. The smallest absolute Gasteiger partial charge is 0.306 e. The molecule has 4 aromatic rings. The summed E-state index contributed by atoms with van der Waals surface area (Å²) in [5.41, 5.74) is 4.02. The molecule has 166 valence electrons. The standard InChI is InChI=1S/C26H23FN4O2/c27-20-11-9-18(10-12-20)24-25(22-13-15-28-17-29-22)31(16-14-21-7-4-8-23(32)33-21)26(30-24)19-5-2-1-3-6-19/h1-3,5-6,9-13,15,17,21H,4,7-8,14,16H2. The van der Waals surface area contributed by atoms with E-state index in [4.69, 9.17) is 9.72 Å². The number of rotatable bonds is 6. The summed E-state index contributed by atoms with van der Waals surface area (Å²) >= 11 is 0. The zero-order chi connectivity index (χ0) is 22.6. The minimum atomic E-state index is -0.302. The summed E-state index contributed by atoms with van der Waals surface area (Å²) in [5, 5.41) is 0. The molecule has 0 spiro atoms. The molecule has 1 aliphatic heterocycles. The maximum absolute atomic E-state index is 13.6. The molecule has 3 heterocycles. The van der Waals surface area contributed by atoms with E-state index in [0.717, 1.165) is 41.2 Å². The lowest BCUT2D eigenvalue weighted by molar-refractivity contribution is -0.154. The van der Waals surface area contributed by atoms with Crippen molar-refractivity contribution in [2.75, 3.05) is 0 Å². The van der Waals surface area contributed by atoms with Crippen LogP contribution in [0, 0.1) is 5.82 Å². The van der Waals surface area contributed by atoms with E-state index in [9.17, 15) is 9.18 Å². The van der Waals surface area contributed by atoms with Crippen molar-refractivity contribution in [3.63, 3.8) is 0 Å². The second kappa shape index (κ2) is 9.32. The van der Waals surface area contributed by atoms with Crippen LogP contribution in [0.15, 0.2) is 73.2 Å². The number of aromatic nitrogens is 4. The summed E-state index contributed by atoms with van der Waals surface area (Å²) in [6.45, 7) is 0.593. The molecule has 1 fully saturated rings. The van der Waals surface area contributed by atoms with Gasteiger partial charge in [-0.05, 0) is 43.2 Å². The number of cyclic esters (lactones) is 1. The highest BCUT2D eigenvalue weighted by Gasteiger charge is 2.25. The number of ether oxygens (including phenoxy) is 1. The summed E-state index contributed by atoms with van der Waals surface area (Å²) in [5.74, 6) is 0.345. The molecule has 7 heteroatoms. The number of carbonyl (C=O) groups excluding carboxylic acids is 1. The van der Waals surface area contributed by atoms with Crippen molar-refractivity contribution in [1.82, 2.24) is 19.5 Å². The fourth-order valence-electron chi connectivity index (χ4n) is 4.23. The summed E-state index contributed by atoms with van der Waals surface area (Å²) in [6, 6.07) is 18.1. The van der Waals surface area contributed by atoms with Gasteiger partial charge in [0.15, 0.2) is 0 Å². The van der Waals surface area contributed by atoms with Crippen LogP contribution in [-0.2, 0) is 16.1 Å². The van der Waals surface area contributed by atoms with Crippen molar-refractivity contribution in [3.05, 3.63) is 79.0 Å². The van der Waals surface area contributed by atoms with Crippen molar-refractivity contribution in [1.29, 1.82) is 0 Å². The van der Waals surface area contributed by atoms with Crippen LogP contribution in [0.2, 0.25) is 0 Å². The average molecular weight is 442 g/mol. The monoisotopic (exact) mass is 442 g/mol. The Bertz CT molecular complexity index is 1240. The van der Waals surface area contributed by atoms with Gasteiger partial charge in [0.2, 0.25) is 0 Å². The number of imidazole rings is 1. The van der Waals surface area contributed by atoms with Crippen molar-refractivity contribution in [2.24, 2.45) is 0 Å². The van der Waals surface area contributed by atoms with Crippen LogP contribution in [0.3, 0.4) is 0 Å². The Morgan fingerprint density at radius 2 is 1.85 bits per heavy atom. The largest absolute Gasteiger partial charge is 0.462 e. The summed E-state index contributed by atoms with van der Waals surface area (Å²) in [6.07, 6.45) is 5.93. The number of benzene rings is 2. The SMILES string of the molecule is O=C1CCCC(CCn2c(-c3ccccc3)nc(-c3ccc(F)cc3)c2-c2ccncn2)O1. The summed E-state index contributed by atoms with van der Waals surface area (Å²) < 4.78 is 21.3. The molecule has 1 saturated heterocycles. The molecule has 0 amide bonds. The van der Waals surface area contributed by atoms with Crippen molar-refractivity contribution >= 4 is 5.97 Å². The highest BCUT2D eigenvalue weighted by Crippen LogP contribution is 2.36. The Balaban J connectivity index is 1.65. The molecule has 33 heavy (non-hydrogen) atoms. The first kappa shape index (κ1) is 21.0. The first-order valence-corrected chi connectivity index (χ1v) is 11.1. The van der Waals surface area contributed by atoms with Crippen LogP contribution < -0.4 is 0 Å². The summed E-state index contributed by atoms with van der Waals surface area (Å²) in [7, 11) is 0. The maximum Gasteiger partial charge on any atom is 0.306 e. The van der Waals surface area contributed by atoms with Gasteiger partial charge in [0.25, 0.3) is 0 Å². The Kier molecular flexibility index (Phi) is 5.93. The molecule has 0 radical (unpaired) electrons. The topological polar surface area (TPSA) is 69.9 Å². The quantitative estimate of drug-likeness (QED) is 0.379. The second-order valence-electron chi connectivity index (χ2n) is 8.04. The fraction of sp³-hybridized carbons (Fsp3) is 0.231. The zero-order valence-corrected chi connectivity index (χ0v) is 18.0. The van der Waals surface area contributed by atoms with Gasteiger partial charge in [-0.15, -0.1) is 0 Å². The highest BCUT2D eigenvalue weighted by atomic mass is 19.1. The van der Waals surface area contributed by atoms with E-state index in [2.05, 4.69) is 14.5 Å². The van der Waals surface area contributed by atoms with Crippen molar-refractivity contribution < 1.29 is 13.9 Å². The number of hydrogen-bond donors (Lipinski definition) is 0. The van der Waals surface area contributed by atoms with Crippen LogP contribution in [0.5, 0.6) is 0 Å². The van der Waals surface area contributed by atoms with E-state index >= 15 is 0 Å². The molecular weight excluding hydrogens is 419 g/mol. The van der Waals surface area contributed by atoms with E-state index in [1.165, 1.54) is 18.5 Å². The highest BCUT2D eigenvalue weighted by molar-refractivity contribution is 5.80. The molecule has 6 nitrogen and oxygen atoms in total. The predicted octanol–water partition coefficient (Wildman–Crippen LogP) is 5.30. The molecule has 1 unspecified atom stereocenters. The van der Waals surface area contributed by atoms with Crippen LogP contribution in [0.4, 0.5) is 4.39 Å². The first-order chi connectivity index (χ1) is 16.2. The van der Waals surface area contributed by atoms with Crippen molar-refractivity contribution in [3.8, 4) is 34.0 Å². The number of halogens is 1. The van der Waals surface area contributed by atoms with E-state index < -0.39 is 0 Å². The van der Waals surface area contributed by atoms with Gasteiger partial charge in [-0.25, -0.2) is 19.3 Å². The number of nitrogens with zero attached hydrogens (tertiary/aromatic N) is 4. The molecule has 1 atom stereocenters. The minimum Gasteiger partial charge on any atom is -0.462 e. The average Bonchev–Trinajstić information content (AvgIpc) is 3.24. The van der Waals surface area contributed by atoms with Gasteiger partial charge in [0.05, 0.1) is 17.1 Å². The third kappa shape index (κ3) is 4.53. The lowest BCUT2D eigenvalue weighted by Gasteiger charge is -2.23. The van der Waals surface area contributed by atoms with E-state index in [1.807, 2.05) is 36.4 Å².